The van der Waals surface area contributed by atoms with Crippen molar-refractivity contribution < 1.29 is 4.84 Å². The molecule has 0 aliphatic carbocycles. The van der Waals surface area contributed by atoms with Crippen LogP contribution in [0.1, 0.15) is 27.2 Å². The summed E-state index contributed by atoms with van der Waals surface area (Å²) in [7, 11) is 0. The highest BCUT2D eigenvalue weighted by Crippen LogP contribution is 2.03. The largest absolute Gasteiger partial charge is 0.296 e. The van der Waals surface area contributed by atoms with Crippen molar-refractivity contribution in [3.8, 4) is 0 Å². The molecule has 0 rings (SSSR count). The normalized spacial score (nSPS) is 12.0. The van der Waals surface area contributed by atoms with E-state index in [0.717, 1.165) is 13.0 Å². The molecule has 2 nitrogen and oxygen atoms in total. The standard InChI is InChI=1S/C8H19NOS/c1-8(2,3)10-9-6-5-7-11-4/h9H,5-7H2,1-4H3. The first-order chi connectivity index (χ1) is 5.06. The van der Waals surface area contributed by atoms with Gasteiger partial charge in [0.05, 0.1) is 5.60 Å². The van der Waals surface area contributed by atoms with Gasteiger partial charge in [0, 0.05) is 6.54 Å². The molecule has 0 radical (unpaired) electrons. The van der Waals surface area contributed by atoms with Crippen molar-refractivity contribution >= 4 is 11.8 Å². The summed E-state index contributed by atoms with van der Waals surface area (Å²) in [5.41, 5.74) is 2.88. The van der Waals surface area contributed by atoms with E-state index in [2.05, 4.69) is 11.7 Å². The van der Waals surface area contributed by atoms with E-state index in [4.69, 9.17) is 4.84 Å². The molecule has 0 saturated carbocycles. The van der Waals surface area contributed by atoms with Crippen LogP contribution in [0.2, 0.25) is 0 Å². The van der Waals surface area contributed by atoms with Gasteiger partial charge in [-0.3, -0.25) is 4.84 Å². The molecule has 0 amide bonds. The van der Waals surface area contributed by atoms with Crippen LogP contribution in [-0.4, -0.2) is 24.2 Å². The highest BCUT2D eigenvalue weighted by molar-refractivity contribution is 7.98. The van der Waals surface area contributed by atoms with Crippen molar-refractivity contribution in [3.63, 3.8) is 0 Å². The van der Waals surface area contributed by atoms with Gasteiger partial charge >= 0.3 is 0 Å². The highest BCUT2D eigenvalue weighted by atomic mass is 32.2. The molecule has 0 fully saturated rings. The summed E-state index contributed by atoms with van der Waals surface area (Å²) in [6.45, 7) is 7.05. The molecule has 0 bridgehead atoms. The first-order valence-electron chi connectivity index (χ1n) is 3.96. The fourth-order valence-corrected chi connectivity index (χ4v) is 0.989. The summed E-state index contributed by atoms with van der Waals surface area (Å²) in [6, 6.07) is 0. The third kappa shape index (κ3) is 10.3. The summed E-state index contributed by atoms with van der Waals surface area (Å²) in [6.07, 6.45) is 3.28. The first kappa shape index (κ1) is 11.3. The summed E-state index contributed by atoms with van der Waals surface area (Å²) in [4.78, 5) is 5.32. The molecule has 1 N–H and O–H groups in total. The Morgan fingerprint density at radius 3 is 2.45 bits per heavy atom. The lowest BCUT2D eigenvalue weighted by Crippen LogP contribution is -2.29. The SMILES string of the molecule is CSCCCNOC(C)(C)C. The van der Waals surface area contributed by atoms with Crippen LogP contribution in [0, 0.1) is 0 Å². The quantitative estimate of drug-likeness (QED) is 0.513. The van der Waals surface area contributed by atoms with Gasteiger partial charge in [-0.1, -0.05) is 0 Å². The van der Waals surface area contributed by atoms with Crippen molar-refractivity contribution in [2.45, 2.75) is 32.8 Å². The van der Waals surface area contributed by atoms with E-state index in [9.17, 15) is 0 Å². The van der Waals surface area contributed by atoms with Gasteiger partial charge in [-0.25, -0.2) is 5.48 Å². The zero-order valence-electron chi connectivity index (χ0n) is 7.94. The number of nitrogens with one attached hydrogen (secondary N) is 1. The molecule has 0 atom stereocenters. The Kier molecular flexibility index (Phi) is 6.01. The van der Waals surface area contributed by atoms with Crippen LogP contribution in [0.3, 0.4) is 0 Å². The molecule has 3 heteroatoms. The van der Waals surface area contributed by atoms with Crippen LogP contribution in [0.5, 0.6) is 0 Å². The maximum Gasteiger partial charge on any atom is 0.0812 e. The van der Waals surface area contributed by atoms with E-state index in [1.807, 2.05) is 32.5 Å². The summed E-state index contributed by atoms with van der Waals surface area (Å²) in [5, 5.41) is 0. The van der Waals surface area contributed by atoms with Gasteiger partial charge < -0.3 is 0 Å². The van der Waals surface area contributed by atoms with E-state index in [1.54, 1.807) is 0 Å². The fraction of sp³-hybridized carbons (Fsp3) is 1.00. The number of hydroxylamine groups is 1. The average Bonchev–Trinajstić information content (AvgIpc) is 1.85. The van der Waals surface area contributed by atoms with Crippen LogP contribution >= 0.6 is 11.8 Å². The maximum absolute atomic E-state index is 5.32. The van der Waals surface area contributed by atoms with E-state index in [0.29, 0.717) is 0 Å². The smallest absolute Gasteiger partial charge is 0.0812 e. The molecule has 0 aromatic heterocycles. The minimum atomic E-state index is -0.0701. The van der Waals surface area contributed by atoms with Crippen LogP contribution in [0.4, 0.5) is 0 Å². The van der Waals surface area contributed by atoms with Crippen molar-refractivity contribution in [3.05, 3.63) is 0 Å². The number of hydrogen-bond donors (Lipinski definition) is 1. The lowest BCUT2D eigenvalue weighted by molar-refractivity contribution is -0.0719. The second-order valence-corrected chi connectivity index (χ2v) is 4.44. The van der Waals surface area contributed by atoms with Crippen molar-refractivity contribution in [2.75, 3.05) is 18.6 Å². The molecule has 0 aliphatic rings. The molecule has 0 aromatic rings. The van der Waals surface area contributed by atoms with Gasteiger partial charge in [-0.2, -0.15) is 11.8 Å². The summed E-state index contributed by atoms with van der Waals surface area (Å²) in [5.74, 6) is 1.19. The molecule has 0 spiro atoms. The minimum Gasteiger partial charge on any atom is -0.296 e. The monoisotopic (exact) mass is 177 g/mol. The zero-order valence-corrected chi connectivity index (χ0v) is 8.75. The van der Waals surface area contributed by atoms with Crippen LogP contribution in [0.25, 0.3) is 0 Å². The van der Waals surface area contributed by atoms with Crippen molar-refractivity contribution in [1.29, 1.82) is 0 Å². The Bertz CT molecular complexity index is 90.6. The lowest BCUT2D eigenvalue weighted by atomic mass is 10.2. The third-order valence-electron chi connectivity index (χ3n) is 1.01. The van der Waals surface area contributed by atoms with Crippen LogP contribution in [0.15, 0.2) is 0 Å². The summed E-state index contributed by atoms with van der Waals surface area (Å²) < 4.78 is 0. The van der Waals surface area contributed by atoms with Gasteiger partial charge in [-0.15, -0.1) is 0 Å². The predicted molar refractivity (Wildman–Crippen MR) is 51.8 cm³/mol. The van der Waals surface area contributed by atoms with Gasteiger partial charge in [-0.05, 0) is 39.2 Å². The molecular formula is C8H19NOS. The van der Waals surface area contributed by atoms with E-state index < -0.39 is 0 Å². The lowest BCUT2D eigenvalue weighted by Gasteiger charge is -2.19. The Morgan fingerprint density at radius 1 is 1.36 bits per heavy atom. The van der Waals surface area contributed by atoms with Gasteiger partial charge in [0.15, 0.2) is 0 Å². The molecule has 68 valence electrons. The Balaban J connectivity index is 3.02. The molecule has 11 heavy (non-hydrogen) atoms. The summed E-state index contributed by atoms with van der Waals surface area (Å²) >= 11 is 1.86. The second kappa shape index (κ2) is 5.86. The Hall–Kier alpha value is 0.270. The van der Waals surface area contributed by atoms with Gasteiger partial charge in [0.1, 0.15) is 0 Å². The van der Waals surface area contributed by atoms with Crippen molar-refractivity contribution in [1.82, 2.24) is 5.48 Å². The predicted octanol–water partition coefficient (Wildman–Crippen LogP) is 2.06. The topological polar surface area (TPSA) is 21.3 Å². The van der Waals surface area contributed by atoms with E-state index in [1.165, 1.54) is 5.75 Å². The molecular weight excluding hydrogens is 158 g/mol. The van der Waals surface area contributed by atoms with Gasteiger partial charge in [0.2, 0.25) is 0 Å². The molecule has 0 unspecified atom stereocenters. The van der Waals surface area contributed by atoms with Crippen molar-refractivity contribution in [2.24, 2.45) is 0 Å². The Morgan fingerprint density at radius 2 is 2.00 bits per heavy atom. The van der Waals surface area contributed by atoms with Gasteiger partial charge in [0.25, 0.3) is 0 Å². The van der Waals surface area contributed by atoms with E-state index >= 15 is 0 Å². The molecule has 0 saturated heterocycles. The number of thioether (sulfide) groups is 1. The molecule has 0 aromatic carbocycles. The third-order valence-corrected chi connectivity index (χ3v) is 1.70. The Labute approximate surface area is 74.0 Å². The molecule has 0 heterocycles. The zero-order chi connectivity index (χ0) is 8.74. The maximum atomic E-state index is 5.32. The molecule has 0 aliphatic heterocycles. The van der Waals surface area contributed by atoms with Crippen LogP contribution in [-0.2, 0) is 4.84 Å². The number of rotatable bonds is 5. The van der Waals surface area contributed by atoms with E-state index in [-0.39, 0.29) is 5.60 Å². The fourth-order valence-electron chi connectivity index (χ4n) is 0.556. The second-order valence-electron chi connectivity index (χ2n) is 3.46. The average molecular weight is 177 g/mol. The highest BCUT2D eigenvalue weighted by Gasteiger charge is 2.08. The number of hydrogen-bond acceptors (Lipinski definition) is 3. The van der Waals surface area contributed by atoms with Crippen LogP contribution < -0.4 is 5.48 Å². The first-order valence-corrected chi connectivity index (χ1v) is 5.35. The minimum absolute atomic E-state index is 0.0701.